The maximum atomic E-state index is 12.2. The number of fused-ring (bicyclic) bond motifs is 1. The van der Waals surface area contributed by atoms with Gasteiger partial charge in [0.2, 0.25) is 6.10 Å². The zero-order chi connectivity index (χ0) is 17.1. The third kappa shape index (κ3) is 3.29. The summed E-state index contributed by atoms with van der Waals surface area (Å²) in [5.74, 6) is 0.477. The number of nitro groups is 1. The summed E-state index contributed by atoms with van der Waals surface area (Å²) in [4.78, 5) is 22.6. The monoisotopic (exact) mass is 329 g/mol. The molecule has 2 aromatic carbocycles. The van der Waals surface area contributed by atoms with Crippen molar-refractivity contribution in [3.63, 3.8) is 0 Å². The van der Waals surface area contributed by atoms with Crippen molar-refractivity contribution in [3.8, 4) is 11.5 Å². The Kier molecular flexibility index (Phi) is 4.33. The van der Waals surface area contributed by atoms with Gasteiger partial charge in [0.25, 0.3) is 5.69 Å². The largest absolute Gasteiger partial charge is 0.485 e. The smallest absolute Gasteiger partial charge is 0.351 e. The number of nitro benzene ring substituents is 1. The Morgan fingerprint density at radius 1 is 1.25 bits per heavy atom. The molecule has 2 atom stereocenters. The Labute approximate surface area is 137 Å². The molecule has 3 rings (SSSR count). The predicted octanol–water partition coefficient (Wildman–Crippen LogP) is 3.04. The van der Waals surface area contributed by atoms with E-state index in [0.717, 1.165) is 0 Å². The molecule has 0 bridgehead atoms. The summed E-state index contributed by atoms with van der Waals surface area (Å²) in [6.07, 6.45) is -1.51. The van der Waals surface area contributed by atoms with Crippen LogP contribution in [0.4, 0.5) is 5.69 Å². The molecule has 1 aliphatic rings. The van der Waals surface area contributed by atoms with Gasteiger partial charge in [-0.25, -0.2) is 4.79 Å². The molecular weight excluding hydrogens is 314 g/mol. The zero-order valence-electron chi connectivity index (χ0n) is 12.9. The lowest BCUT2D eigenvalue weighted by Crippen LogP contribution is -2.38. The number of rotatable bonds is 4. The molecule has 0 fully saturated rings. The average molecular weight is 329 g/mol. The lowest BCUT2D eigenvalue weighted by atomic mass is 10.1. The third-order valence-corrected chi connectivity index (χ3v) is 3.61. The molecule has 2 aromatic rings. The van der Waals surface area contributed by atoms with Crippen LogP contribution in [0.2, 0.25) is 0 Å². The summed E-state index contributed by atoms with van der Waals surface area (Å²) in [6, 6.07) is 13.0. The summed E-state index contributed by atoms with van der Waals surface area (Å²) in [5, 5.41) is 10.8. The number of benzene rings is 2. The van der Waals surface area contributed by atoms with Crippen LogP contribution in [0.1, 0.15) is 18.6 Å². The first-order valence-corrected chi connectivity index (χ1v) is 7.38. The van der Waals surface area contributed by atoms with Crippen LogP contribution in [-0.2, 0) is 9.53 Å². The van der Waals surface area contributed by atoms with Crippen molar-refractivity contribution in [1.29, 1.82) is 0 Å². The highest BCUT2D eigenvalue weighted by molar-refractivity contribution is 5.76. The maximum Gasteiger partial charge on any atom is 0.351 e. The van der Waals surface area contributed by atoms with Gasteiger partial charge >= 0.3 is 5.97 Å². The number of carbonyl (C=O) groups excluding carboxylic acids is 1. The molecule has 0 aromatic heterocycles. The highest BCUT2D eigenvalue weighted by Crippen LogP contribution is 2.31. The molecule has 0 N–H and O–H groups in total. The van der Waals surface area contributed by atoms with E-state index >= 15 is 0 Å². The molecule has 1 heterocycles. The quantitative estimate of drug-likeness (QED) is 0.487. The van der Waals surface area contributed by atoms with E-state index in [1.54, 1.807) is 37.3 Å². The SMILES string of the molecule is C[C@@H](OC(=O)[C@H]1COc2ccccc2O1)c1cccc([N+](=O)[O-])c1. The summed E-state index contributed by atoms with van der Waals surface area (Å²) in [6.45, 7) is 1.70. The van der Waals surface area contributed by atoms with E-state index in [1.807, 2.05) is 6.07 Å². The zero-order valence-corrected chi connectivity index (χ0v) is 12.9. The first kappa shape index (κ1) is 15.8. The van der Waals surface area contributed by atoms with Crippen LogP contribution in [0, 0.1) is 10.1 Å². The summed E-state index contributed by atoms with van der Waals surface area (Å²) in [5.41, 5.74) is 0.483. The van der Waals surface area contributed by atoms with Crippen molar-refractivity contribution in [2.75, 3.05) is 6.61 Å². The molecular formula is C17H15NO6. The van der Waals surface area contributed by atoms with Crippen molar-refractivity contribution in [1.82, 2.24) is 0 Å². The van der Waals surface area contributed by atoms with Gasteiger partial charge in [-0.3, -0.25) is 10.1 Å². The van der Waals surface area contributed by atoms with Crippen LogP contribution in [0.5, 0.6) is 11.5 Å². The second-order valence-corrected chi connectivity index (χ2v) is 5.30. The number of carbonyl (C=O) groups is 1. The van der Waals surface area contributed by atoms with Crippen molar-refractivity contribution in [3.05, 3.63) is 64.2 Å². The van der Waals surface area contributed by atoms with Crippen LogP contribution >= 0.6 is 0 Å². The van der Waals surface area contributed by atoms with Crippen molar-refractivity contribution in [2.45, 2.75) is 19.1 Å². The molecule has 0 saturated heterocycles. The van der Waals surface area contributed by atoms with E-state index < -0.39 is 23.1 Å². The normalized spacial score (nSPS) is 17.0. The molecule has 0 amide bonds. The first-order chi connectivity index (χ1) is 11.5. The molecule has 0 radical (unpaired) electrons. The number of hydrogen-bond acceptors (Lipinski definition) is 6. The van der Waals surface area contributed by atoms with Gasteiger partial charge in [-0.05, 0) is 24.6 Å². The topological polar surface area (TPSA) is 87.9 Å². The van der Waals surface area contributed by atoms with E-state index in [2.05, 4.69) is 0 Å². The molecule has 124 valence electrons. The minimum atomic E-state index is -0.874. The van der Waals surface area contributed by atoms with E-state index in [-0.39, 0.29) is 12.3 Å². The highest BCUT2D eigenvalue weighted by Gasteiger charge is 2.30. The second-order valence-electron chi connectivity index (χ2n) is 5.30. The fourth-order valence-corrected chi connectivity index (χ4v) is 2.35. The number of hydrogen-bond donors (Lipinski definition) is 0. The lowest BCUT2D eigenvalue weighted by molar-refractivity contribution is -0.385. The van der Waals surface area contributed by atoms with Crippen LogP contribution in [0.15, 0.2) is 48.5 Å². The van der Waals surface area contributed by atoms with E-state index in [1.165, 1.54) is 12.1 Å². The molecule has 0 aliphatic carbocycles. The molecule has 7 heteroatoms. The fourth-order valence-electron chi connectivity index (χ4n) is 2.35. The third-order valence-electron chi connectivity index (χ3n) is 3.61. The van der Waals surface area contributed by atoms with Gasteiger partial charge in [0.1, 0.15) is 12.7 Å². The molecule has 7 nitrogen and oxygen atoms in total. The Morgan fingerprint density at radius 2 is 2.00 bits per heavy atom. The van der Waals surface area contributed by atoms with Crippen molar-refractivity contribution in [2.24, 2.45) is 0 Å². The van der Waals surface area contributed by atoms with Crippen LogP contribution < -0.4 is 9.47 Å². The molecule has 1 aliphatic heterocycles. The molecule has 24 heavy (non-hydrogen) atoms. The van der Waals surface area contributed by atoms with E-state index in [4.69, 9.17) is 14.2 Å². The summed E-state index contributed by atoms with van der Waals surface area (Å²) >= 11 is 0. The standard InChI is InChI=1S/C17H15NO6/c1-11(12-5-4-6-13(9-12)18(20)21)23-17(19)16-10-22-14-7-2-3-8-15(14)24-16/h2-9,11,16H,10H2,1H3/t11-,16-/m1/s1. The highest BCUT2D eigenvalue weighted by atomic mass is 16.6. The Morgan fingerprint density at radius 3 is 2.75 bits per heavy atom. The Bertz CT molecular complexity index is 775. The van der Waals surface area contributed by atoms with Gasteiger partial charge in [-0.1, -0.05) is 24.3 Å². The number of esters is 1. The number of ether oxygens (including phenoxy) is 3. The van der Waals surface area contributed by atoms with Gasteiger partial charge in [-0.2, -0.15) is 0 Å². The fraction of sp³-hybridized carbons (Fsp3) is 0.235. The first-order valence-electron chi connectivity index (χ1n) is 7.38. The molecule has 0 spiro atoms. The summed E-state index contributed by atoms with van der Waals surface area (Å²) < 4.78 is 16.4. The number of nitrogens with zero attached hydrogens (tertiary/aromatic N) is 1. The van der Waals surface area contributed by atoms with E-state index in [0.29, 0.717) is 17.1 Å². The minimum Gasteiger partial charge on any atom is -0.485 e. The predicted molar refractivity (Wildman–Crippen MR) is 84.0 cm³/mol. The maximum absolute atomic E-state index is 12.2. The minimum absolute atomic E-state index is 0.0531. The van der Waals surface area contributed by atoms with Gasteiger partial charge in [0, 0.05) is 12.1 Å². The van der Waals surface area contributed by atoms with E-state index in [9.17, 15) is 14.9 Å². The molecule has 0 saturated carbocycles. The summed E-state index contributed by atoms with van der Waals surface area (Å²) in [7, 11) is 0. The lowest BCUT2D eigenvalue weighted by Gasteiger charge is -2.26. The second kappa shape index (κ2) is 6.57. The van der Waals surface area contributed by atoms with Crippen molar-refractivity contribution >= 4 is 11.7 Å². The molecule has 0 unspecified atom stereocenters. The van der Waals surface area contributed by atoms with Gasteiger partial charge in [0.15, 0.2) is 11.5 Å². The van der Waals surface area contributed by atoms with Gasteiger partial charge in [-0.15, -0.1) is 0 Å². The van der Waals surface area contributed by atoms with Gasteiger partial charge in [0.05, 0.1) is 4.92 Å². The van der Waals surface area contributed by atoms with Crippen molar-refractivity contribution < 1.29 is 23.9 Å². The number of para-hydroxylation sites is 2. The Hall–Kier alpha value is -3.09. The van der Waals surface area contributed by atoms with Crippen LogP contribution in [0.3, 0.4) is 0 Å². The number of non-ortho nitro benzene ring substituents is 1. The van der Waals surface area contributed by atoms with Gasteiger partial charge < -0.3 is 14.2 Å². The van der Waals surface area contributed by atoms with Crippen LogP contribution in [-0.4, -0.2) is 23.6 Å². The average Bonchev–Trinajstić information content (AvgIpc) is 2.61. The Balaban J connectivity index is 1.67. The van der Waals surface area contributed by atoms with Crippen LogP contribution in [0.25, 0.3) is 0 Å².